The van der Waals surface area contributed by atoms with Gasteiger partial charge in [-0.15, -0.1) is 0 Å². The molecule has 0 aliphatic heterocycles. The van der Waals surface area contributed by atoms with Crippen LogP contribution in [0.3, 0.4) is 0 Å². The molecule has 2 rings (SSSR count). The minimum atomic E-state index is 0.283. The number of hydrogen-bond acceptors (Lipinski definition) is 3. The molecule has 1 unspecified atom stereocenters. The molecule has 0 aliphatic carbocycles. The van der Waals surface area contributed by atoms with Crippen LogP contribution in [0.5, 0.6) is 0 Å². The molecule has 1 aromatic carbocycles. The Bertz CT molecular complexity index is 449. The molecular formula is C13H18N4. The second-order valence-electron chi connectivity index (χ2n) is 3.95. The Morgan fingerprint density at radius 3 is 2.71 bits per heavy atom. The Morgan fingerprint density at radius 1 is 1.29 bits per heavy atom. The highest BCUT2D eigenvalue weighted by Crippen LogP contribution is 2.16. The molecule has 0 spiro atoms. The van der Waals surface area contributed by atoms with Crippen LogP contribution in [0.15, 0.2) is 36.7 Å². The molecule has 4 heteroatoms. The zero-order valence-electron chi connectivity index (χ0n) is 10.3. The summed E-state index contributed by atoms with van der Waals surface area (Å²) in [5.41, 5.74) is 1.28. The highest BCUT2D eigenvalue weighted by molar-refractivity contribution is 5.19. The first-order chi connectivity index (χ1) is 8.35. The maximum absolute atomic E-state index is 4.31. The van der Waals surface area contributed by atoms with Crippen LogP contribution in [-0.2, 0) is 13.0 Å². The second kappa shape index (κ2) is 5.59. The van der Waals surface area contributed by atoms with E-state index in [4.69, 9.17) is 0 Å². The summed E-state index contributed by atoms with van der Waals surface area (Å²) in [6.45, 7) is 2.94. The van der Waals surface area contributed by atoms with E-state index in [1.165, 1.54) is 5.56 Å². The van der Waals surface area contributed by atoms with Gasteiger partial charge < -0.3 is 5.32 Å². The summed E-state index contributed by atoms with van der Waals surface area (Å²) in [6, 6.07) is 10.7. The number of aromatic nitrogens is 3. The normalized spacial score (nSPS) is 12.6. The zero-order valence-corrected chi connectivity index (χ0v) is 10.3. The third-order valence-corrected chi connectivity index (χ3v) is 2.93. The van der Waals surface area contributed by atoms with Gasteiger partial charge in [0.15, 0.2) is 0 Å². The minimum absolute atomic E-state index is 0.283. The van der Waals surface area contributed by atoms with E-state index in [1.807, 2.05) is 17.8 Å². The lowest BCUT2D eigenvalue weighted by Gasteiger charge is -2.16. The van der Waals surface area contributed by atoms with Crippen molar-refractivity contribution in [2.75, 3.05) is 7.05 Å². The molecule has 17 heavy (non-hydrogen) atoms. The molecule has 4 nitrogen and oxygen atoms in total. The summed E-state index contributed by atoms with van der Waals surface area (Å²) >= 11 is 0. The summed E-state index contributed by atoms with van der Waals surface area (Å²) in [7, 11) is 1.98. The van der Waals surface area contributed by atoms with Crippen molar-refractivity contribution in [2.24, 2.45) is 0 Å². The number of nitrogens with one attached hydrogen (secondary N) is 1. The van der Waals surface area contributed by atoms with Crippen LogP contribution in [0.2, 0.25) is 0 Å². The van der Waals surface area contributed by atoms with Gasteiger partial charge in [-0.25, -0.2) is 4.98 Å². The third-order valence-electron chi connectivity index (χ3n) is 2.93. The molecule has 0 radical (unpaired) electrons. The SMILES string of the molecule is CCn1ncnc1CC(NC)c1ccccc1. The van der Waals surface area contributed by atoms with E-state index in [9.17, 15) is 0 Å². The molecule has 1 atom stereocenters. The average Bonchev–Trinajstić information content (AvgIpc) is 2.84. The van der Waals surface area contributed by atoms with Gasteiger partial charge in [0.2, 0.25) is 0 Å². The molecule has 0 amide bonds. The van der Waals surface area contributed by atoms with Gasteiger partial charge in [0.1, 0.15) is 12.2 Å². The van der Waals surface area contributed by atoms with Gasteiger partial charge in [0.05, 0.1) is 0 Å². The highest BCUT2D eigenvalue weighted by Gasteiger charge is 2.13. The Hall–Kier alpha value is -1.68. The molecule has 1 N–H and O–H groups in total. The molecule has 0 saturated carbocycles. The fourth-order valence-electron chi connectivity index (χ4n) is 1.96. The average molecular weight is 230 g/mol. The lowest BCUT2D eigenvalue weighted by molar-refractivity contribution is 0.533. The van der Waals surface area contributed by atoms with Crippen LogP contribution in [0.4, 0.5) is 0 Å². The predicted molar refractivity (Wildman–Crippen MR) is 67.6 cm³/mol. The van der Waals surface area contributed by atoms with Gasteiger partial charge in [0.25, 0.3) is 0 Å². The lowest BCUT2D eigenvalue weighted by atomic mass is 10.0. The Balaban J connectivity index is 2.16. The van der Waals surface area contributed by atoms with E-state index >= 15 is 0 Å². The topological polar surface area (TPSA) is 42.7 Å². The second-order valence-corrected chi connectivity index (χ2v) is 3.95. The largest absolute Gasteiger partial charge is 0.313 e. The van der Waals surface area contributed by atoms with Crippen LogP contribution in [-0.4, -0.2) is 21.8 Å². The first-order valence-corrected chi connectivity index (χ1v) is 5.94. The van der Waals surface area contributed by atoms with Crippen LogP contribution in [0.1, 0.15) is 24.4 Å². The molecule has 1 aromatic heterocycles. The summed E-state index contributed by atoms with van der Waals surface area (Å²) in [5.74, 6) is 1.02. The van der Waals surface area contributed by atoms with Gasteiger partial charge in [-0.3, -0.25) is 4.68 Å². The molecule has 2 aromatic rings. The van der Waals surface area contributed by atoms with Crippen molar-refractivity contribution in [3.05, 3.63) is 48.0 Å². The van der Waals surface area contributed by atoms with Crippen molar-refractivity contribution in [3.8, 4) is 0 Å². The van der Waals surface area contributed by atoms with E-state index in [1.54, 1.807) is 6.33 Å². The quantitative estimate of drug-likeness (QED) is 0.851. The van der Waals surface area contributed by atoms with Gasteiger partial charge in [-0.05, 0) is 19.5 Å². The van der Waals surface area contributed by atoms with E-state index < -0.39 is 0 Å². The molecular weight excluding hydrogens is 212 g/mol. The van der Waals surface area contributed by atoms with E-state index in [0.29, 0.717) is 0 Å². The highest BCUT2D eigenvalue weighted by atomic mass is 15.3. The molecule has 90 valence electrons. The van der Waals surface area contributed by atoms with E-state index in [2.05, 4.69) is 46.6 Å². The first kappa shape index (κ1) is 11.8. The molecule has 0 saturated heterocycles. The number of nitrogens with zero attached hydrogens (tertiary/aromatic N) is 3. The molecule has 0 aliphatic rings. The Kier molecular flexibility index (Phi) is 3.88. The summed E-state index contributed by atoms with van der Waals surface area (Å²) in [5, 5.41) is 7.52. The number of likely N-dealkylation sites (N-methyl/N-ethyl adjacent to an activating group) is 1. The predicted octanol–water partition coefficient (Wildman–Crippen LogP) is 1.80. The number of hydrogen-bond donors (Lipinski definition) is 1. The lowest BCUT2D eigenvalue weighted by Crippen LogP contribution is -2.21. The van der Waals surface area contributed by atoms with Crippen LogP contribution in [0.25, 0.3) is 0 Å². The summed E-state index contributed by atoms with van der Waals surface area (Å²) in [4.78, 5) is 4.31. The maximum Gasteiger partial charge on any atom is 0.138 e. The standard InChI is InChI=1S/C13H18N4/c1-3-17-13(15-10-16-17)9-12(14-2)11-7-5-4-6-8-11/h4-8,10,12,14H,3,9H2,1-2H3. The van der Waals surface area contributed by atoms with Crippen molar-refractivity contribution in [3.63, 3.8) is 0 Å². The molecule has 0 bridgehead atoms. The molecule has 0 fully saturated rings. The summed E-state index contributed by atoms with van der Waals surface area (Å²) in [6.07, 6.45) is 2.48. The maximum atomic E-state index is 4.31. The van der Waals surface area contributed by atoms with Crippen LogP contribution in [0, 0.1) is 0 Å². The Labute approximate surface area is 102 Å². The van der Waals surface area contributed by atoms with Crippen molar-refractivity contribution < 1.29 is 0 Å². The third kappa shape index (κ3) is 2.71. The van der Waals surface area contributed by atoms with Crippen molar-refractivity contribution in [1.29, 1.82) is 0 Å². The van der Waals surface area contributed by atoms with Crippen molar-refractivity contribution in [1.82, 2.24) is 20.1 Å². The fraction of sp³-hybridized carbons (Fsp3) is 0.385. The zero-order chi connectivity index (χ0) is 12.1. The number of aryl methyl sites for hydroxylation is 1. The fourth-order valence-corrected chi connectivity index (χ4v) is 1.96. The molecule has 1 heterocycles. The van der Waals surface area contributed by atoms with Crippen LogP contribution < -0.4 is 5.32 Å². The van der Waals surface area contributed by atoms with E-state index in [-0.39, 0.29) is 6.04 Å². The number of rotatable bonds is 5. The van der Waals surface area contributed by atoms with Gasteiger partial charge in [-0.2, -0.15) is 5.10 Å². The Morgan fingerprint density at radius 2 is 2.06 bits per heavy atom. The first-order valence-electron chi connectivity index (χ1n) is 5.94. The van der Waals surface area contributed by atoms with Gasteiger partial charge in [0, 0.05) is 19.0 Å². The van der Waals surface area contributed by atoms with Crippen molar-refractivity contribution >= 4 is 0 Å². The van der Waals surface area contributed by atoms with Gasteiger partial charge in [-0.1, -0.05) is 30.3 Å². The smallest absolute Gasteiger partial charge is 0.138 e. The van der Waals surface area contributed by atoms with Crippen LogP contribution >= 0.6 is 0 Å². The van der Waals surface area contributed by atoms with Gasteiger partial charge >= 0.3 is 0 Å². The van der Waals surface area contributed by atoms with E-state index in [0.717, 1.165) is 18.8 Å². The summed E-state index contributed by atoms with van der Waals surface area (Å²) < 4.78 is 1.94. The van der Waals surface area contributed by atoms with Crippen molar-refractivity contribution in [2.45, 2.75) is 25.9 Å². The number of benzene rings is 1. The minimum Gasteiger partial charge on any atom is -0.313 e. The monoisotopic (exact) mass is 230 g/mol.